The first-order chi connectivity index (χ1) is 28.0. The number of benzene rings is 2. The Morgan fingerprint density at radius 3 is 2.52 bits per heavy atom. The number of carbonyl (C=O) groups excluding carboxylic acids is 3. The molecule has 1 unspecified atom stereocenters. The van der Waals surface area contributed by atoms with E-state index >= 15 is 0 Å². The maximum Gasteiger partial charge on any atom is 0.293 e. The molecule has 2 atom stereocenters. The largest absolute Gasteiger partial charge is 0.478 e. The van der Waals surface area contributed by atoms with Crippen LogP contribution >= 0.6 is 11.6 Å². The number of carbonyl (C=O) groups is 3. The van der Waals surface area contributed by atoms with E-state index in [9.17, 15) is 19.2 Å². The number of pyridine rings is 1. The highest BCUT2D eigenvalue weighted by Gasteiger charge is 2.34. The molecular weight excluding hydrogens is 762 g/mol. The van der Waals surface area contributed by atoms with Gasteiger partial charge in [0.1, 0.15) is 5.02 Å². The fourth-order valence-corrected chi connectivity index (χ4v) is 8.78. The van der Waals surface area contributed by atoms with E-state index in [-0.39, 0.29) is 35.6 Å². The highest BCUT2D eigenvalue weighted by atomic mass is 35.5. The van der Waals surface area contributed by atoms with E-state index in [1.54, 1.807) is 19.3 Å². The number of anilines is 4. The monoisotopic (exact) mass is 809 g/mol. The van der Waals surface area contributed by atoms with Crippen LogP contribution in [0.25, 0.3) is 21.8 Å². The number of nitrogens with one attached hydrogen (secondary N) is 3. The average molecular weight is 810 g/mol. The van der Waals surface area contributed by atoms with E-state index in [4.69, 9.17) is 26.4 Å². The second kappa shape index (κ2) is 16.3. The molecule has 3 fully saturated rings. The number of fused-ring (bicyclic) bond motifs is 2. The first-order valence-electron chi connectivity index (χ1n) is 19.8. The summed E-state index contributed by atoms with van der Waals surface area (Å²) in [5.41, 5.74) is 3.99. The molecule has 6 heterocycles. The lowest BCUT2D eigenvalue weighted by atomic mass is 9.88. The standard InChI is InChI=1S/C41H48ClN11O5/c1-24(25-12-14-52(15-13-25)32-7-5-6-28-36(48-50(4)37(28)32)29-9-11-34(54)46-39(29)56)51-16-18-53(19-17-51)41-44-22-30(42)38(47-41)45-27-8-10-31-26(20-27)21-33(40(57)49(31)3)58-23-35(55)43-2/h5-8,10,20-22,24-25,29H,9,11-19,23H2,1-4H3,(H,43,55)(H,44,45,47)(H,46,54,56)/t24-,29?/m1/s1. The van der Waals surface area contributed by atoms with Crippen LogP contribution < -0.4 is 36.0 Å². The van der Waals surface area contributed by atoms with Crippen LogP contribution in [0.3, 0.4) is 0 Å². The molecule has 3 aliphatic heterocycles. The molecule has 3 aromatic heterocycles. The summed E-state index contributed by atoms with van der Waals surface area (Å²) in [5.74, 6) is 0.465. The average Bonchev–Trinajstić information content (AvgIpc) is 3.57. The van der Waals surface area contributed by atoms with Crippen LogP contribution in [0, 0.1) is 5.92 Å². The molecule has 304 valence electrons. The van der Waals surface area contributed by atoms with Crippen molar-refractivity contribution >= 4 is 74.3 Å². The SMILES string of the molecule is CNC(=O)COc1cc2cc(Nc3nc(N4CCN([C@H](C)C5CCN(c6cccc7c(C8CCC(=O)NC8=O)nn(C)c67)CC5)CC4)ncc3Cl)ccc2n(C)c1=O. The Hall–Kier alpha value is -5.74. The van der Waals surface area contributed by atoms with Crippen molar-refractivity contribution in [3.05, 3.63) is 69.7 Å². The van der Waals surface area contributed by atoms with E-state index in [1.165, 1.54) is 11.6 Å². The van der Waals surface area contributed by atoms with Gasteiger partial charge in [-0.15, -0.1) is 0 Å². The van der Waals surface area contributed by atoms with Gasteiger partial charge < -0.3 is 29.7 Å². The van der Waals surface area contributed by atoms with Gasteiger partial charge in [-0.3, -0.25) is 34.1 Å². The Kier molecular flexibility index (Phi) is 11.0. The van der Waals surface area contributed by atoms with Crippen LogP contribution in [0.2, 0.25) is 5.02 Å². The number of halogens is 1. The third kappa shape index (κ3) is 7.65. The number of rotatable bonds is 10. The molecule has 3 amide bonds. The maximum absolute atomic E-state index is 12.8. The van der Waals surface area contributed by atoms with E-state index in [2.05, 4.69) is 48.6 Å². The van der Waals surface area contributed by atoms with Crippen molar-refractivity contribution in [2.45, 2.75) is 44.6 Å². The Morgan fingerprint density at radius 2 is 1.78 bits per heavy atom. The Bertz CT molecular complexity index is 2450. The van der Waals surface area contributed by atoms with Crippen LogP contribution in [0.15, 0.2) is 53.5 Å². The van der Waals surface area contributed by atoms with Crippen LogP contribution in [0.4, 0.5) is 23.1 Å². The number of nitrogens with zero attached hydrogens (tertiary/aromatic N) is 8. The molecule has 58 heavy (non-hydrogen) atoms. The van der Waals surface area contributed by atoms with Gasteiger partial charge >= 0.3 is 0 Å². The number of ether oxygens (including phenoxy) is 1. The van der Waals surface area contributed by atoms with Gasteiger partial charge in [0.15, 0.2) is 18.2 Å². The fraction of sp³-hybridized carbons (Fsp3) is 0.439. The number of aryl methyl sites for hydroxylation is 2. The zero-order valence-electron chi connectivity index (χ0n) is 33.1. The minimum absolute atomic E-state index is 0.0825. The molecule has 0 radical (unpaired) electrons. The molecule has 8 rings (SSSR count). The molecule has 0 aliphatic carbocycles. The topological polar surface area (TPSA) is 172 Å². The van der Waals surface area contributed by atoms with E-state index in [0.717, 1.165) is 79.8 Å². The summed E-state index contributed by atoms with van der Waals surface area (Å²) in [6.45, 7) is 7.30. The molecule has 0 saturated carbocycles. The van der Waals surface area contributed by atoms with E-state index in [1.807, 2.05) is 42.1 Å². The Morgan fingerprint density at radius 1 is 1.00 bits per heavy atom. The lowest BCUT2D eigenvalue weighted by Crippen LogP contribution is -2.53. The number of aromatic nitrogens is 5. The molecular formula is C41H48ClN11O5. The number of hydrogen-bond acceptors (Lipinski definition) is 12. The third-order valence-corrected chi connectivity index (χ3v) is 12.3. The van der Waals surface area contributed by atoms with Crippen LogP contribution in [-0.2, 0) is 28.5 Å². The number of likely N-dealkylation sites (N-methyl/N-ethyl adjacent to an activating group) is 1. The van der Waals surface area contributed by atoms with Crippen molar-refractivity contribution in [3.8, 4) is 5.75 Å². The molecule has 17 heteroatoms. The number of amides is 3. The van der Waals surface area contributed by atoms with Crippen molar-refractivity contribution in [1.29, 1.82) is 0 Å². The number of para-hydroxylation sites is 1. The Labute approximate surface area is 340 Å². The summed E-state index contributed by atoms with van der Waals surface area (Å²) in [5, 5.41) is 15.2. The highest BCUT2D eigenvalue weighted by Crippen LogP contribution is 2.37. The molecule has 3 aliphatic rings. The third-order valence-electron chi connectivity index (χ3n) is 12.0. The van der Waals surface area contributed by atoms with Crippen molar-refractivity contribution in [3.63, 3.8) is 0 Å². The van der Waals surface area contributed by atoms with Gasteiger partial charge in [-0.25, -0.2) is 4.98 Å². The van der Waals surface area contributed by atoms with Gasteiger partial charge in [0, 0.05) is 89.3 Å². The van der Waals surface area contributed by atoms with Crippen molar-refractivity contribution < 1.29 is 19.1 Å². The van der Waals surface area contributed by atoms with Gasteiger partial charge in [0.25, 0.3) is 11.5 Å². The molecule has 3 N–H and O–H groups in total. The summed E-state index contributed by atoms with van der Waals surface area (Å²) in [4.78, 5) is 65.7. The van der Waals surface area contributed by atoms with Crippen molar-refractivity contribution in [2.75, 3.05) is 68.0 Å². The predicted octanol–water partition coefficient (Wildman–Crippen LogP) is 3.68. The summed E-state index contributed by atoms with van der Waals surface area (Å²) < 4.78 is 8.90. The lowest BCUT2D eigenvalue weighted by Gasteiger charge is -2.43. The first kappa shape index (κ1) is 39.1. The lowest BCUT2D eigenvalue weighted by molar-refractivity contribution is -0.134. The van der Waals surface area contributed by atoms with Crippen LogP contribution in [0.1, 0.15) is 44.2 Å². The van der Waals surface area contributed by atoms with Crippen LogP contribution in [-0.4, -0.2) is 106 Å². The van der Waals surface area contributed by atoms with Crippen molar-refractivity contribution in [1.82, 2.24) is 39.8 Å². The van der Waals surface area contributed by atoms with Crippen molar-refractivity contribution in [2.24, 2.45) is 20.0 Å². The quantitative estimate of drug-likeness (QED) is 0.175. The molecule has 16 nitrogen and oxygen atoms in total. The summed E-state index contributed by atoms with van der Waals surface area (Å²) in [6, 6.07) is 13.9. The smallest absolute Gasteiger partial charge is 0.293 e. The highest BCUT2D eigenvalue weighted by molar-refractivity contribution is 6.33. The van der Waals surface area contributed by atoms with Crippen LogP contribution in [0.5, 0.6) is 5.75 Å². The molecule has 5 aromatic rings. The summed E-state index contributed by atoms with van der Waals surface area (Å²) in [7, 11) is 5.11. The number of imide groups is 1. The van der Waals surface area contributed by atoms with Gasteiger partial charge in [-0.05, 0) is 62.4 Å². The van der Waals surface area contributed by atoms with E-state index < -0.39 is 5.92 Å². The summed E-state index contributed by atoms with van der Waals surface area (Å²) >= 11 is 6.59. The number of piperidine rings is 2. The van der Waals surface area contributed by atoms with Gasteiger partial charge in [0.05, 0.1) is 34.5 Å². The minimum atomic E-state index is -0.427. The first-order valence-corrected chi connectivity index (χ1v) is 20.2. The predicted molar refractivity (Wildman–Crippen MR) is 223 cm³/mol. The van der Waals surface area contributed by atoms with Gasteiger partial charge in [-0.1, -0.05) is 23.7 Å². The minimum Gasteiger partial charge on any atom is -0.478 e. The van der Waals surface area contributed by atoms with E-state index in [0.29, 0.717) is 52.8 Å². The number of piperazine rings is 1. The molecule has 2 aromatic carbocycles. The second-order valence-electron chi connectivity index (χ2n) is 15.4. The second-order valence-corrected chi connectivity index (χ2v) is 15.8. The number of hydrogen-bond donors (Lipinski definition) is 3. The normalized spacial score (nSPS) is 18.7. The zero-order chi connectivity index (χ0) is 40.7. The fourth-order valence-electron chi connectivity index (χ4n) is 8.65. The Balaban J connectivity index is 0.883. The summed E-state index contributed by atoms with van der Waals surface area (Å²) in [6.07, 6.45) is 4.56. The molecule has 0 spiro atoms. The van der Waals surface area contributed by atoms with Gasteiger partial charge in [-0.2, -0.15) is 10.1 Å². The molecule has 3 saturated heterocycles. The maximum atomic E-state index is 12.8. The zero-order valence-corrected chi connectivity index (χ0v) is 33.9. The molecule has 0 bridgehead atoms. The van der Waals surface area contributed by atoms with Gasteiger partial charge in [0.2, 0.25) is 17.8 Å².